The predicted molar refractivity (Wildman–Crippen MR) is 80.7 cm³/mol. The summed E-state index contributed by atoms with van der Waals surface area (Å²) >= 11 is 0. The Kier molecular flexibility index (Phi) is 7.61. The normalized spacial score (nSPS) is 13.2. The number of carbonyl (C=O) groups excluding carboxylic acids is 1. The molecule has 2 N–H and O–H groups in total. The second-order valence-electron chi connectivity index (χ2n) is 6.77. The second kappa shape index (κ2) is 8.12. The van der Waals surface area contributed by atoms with E-state index in [2.05, 4.69) is 5.32 Å². The van der Waals surface area contributed by atoms with Crippen LogP contribution in [0, 0.1) is 11.3 Å². The average molecular weight is 286 g/mol. The van der Waals surface area contributed by atoms with Gasteiger partial charge in [-0.1, -0.05) is 27.7 Å². The first-order chi connectivity index (χ1) is 9.08. The minimum atomic E-state index is -0.855. The van der Waals surface area contributed by atoms with Crippen molar-refractivity contribution >= 4 is 12.0 Å². The van der Waals surface area contributed by atoms with Crippen molar-refractivity contribution in [1.29, 1.82) is 0 Å². The van der Waals surface area contributed by atoms with Crippen molar-refractivity contribution in [2.45, 2.75) is 60.4 Å². The Labute approximate surface area is 122 Å². The summed E-state index contributed by atoms with van der Waals surface area (Å²) < 4.78 is 0. The Hall–Kier alpha value is -1.26. The van der Waals surface area contributed by atoms with Crippen LogP contribution in [-0.4, -0.2) is 41.1 Å². The maximum Gasteiger partial charge on any atom is 0.317 e. The Bertz CT molecular complexity index is 322. The quantitative estimate of drug-likeness (QED) is 0.756. The molecule has 0 bridgehead atoms. The van der Waals surface area contributed by atoms with Crippen LogP contribution < -0.4 is 5.32 Å². The maximum absolute atomic E-state index is 12.1. The van der Waals surface area contributed by atoms with E-state index in [-0.39, 0.29) is 24.0 Å². The molecule has 0 aromatic heterocycles. The van der Waals surface area contributed by atoms with E-state index in [9.17, 15) is 14.7 Å². The number of carbonyl (C=O) groups is 2. The average Bonchev–Trinajstić information content (AvgIpc) is 2.28. The fraction of sp³-hybridized carbons (Fsp3) is 0.867. The van der Waals surface area contributed by atoms with E-state index in [4.69, 9.17) is 0 Å². The van der Waals surface area contributed by atoms with Crippen LogP contribution >= 0.6 is 0 Å². The topological polar surface area (TPSA) is 69.6 Å². The van der Waals surface area contributed by atoms with Crippen LogP contribution in [0.15, 0.2) is 0 Å². The zero-order chi connectivity index (χ0) is 15.9. The van der Waals surface area contributed by atoms with Gasteiger partial charge < -0.3 is 15.3 Å². The highest BCUT2D eigenvalue weighted by molar-refractivity contribution is 5.76. The summed E-state index contributed by atoms with van der Waals surface area (Å²) in [6.45, 7) is 12.8. The molecule has 0 aliphatic heterocycles. The van der Waals surface area contributed by atoms with Gasteiger partial charge in [0.1, 0.15) is 0 Å². The molecule has 0 aromatic carbocycles. The number of hydrogen-bond donors (Lipinski definition) is 2. The minimum absolute atomic E-state index is 0.0745. The van der Waals surface area contributed by atoms with Crippen molar-refractivity contribution in [2.24, 2.45) is 11.3 Å². The third-order valence-corrected chi connectivity index (χ3v) is 3.06. The molecule has 0 spiro atoms. The van der Waals surface area contributed by atoms with E-state index in [1.807, 2.05) is 41.5 Å². The van der Waals surface area contributed by atoms with E-state index in [0.717, 1.165) is 6.42 Å². The summed E-state index contributed by atoms with van der Waals surface area (Å²) in [5.41, 5.74) is -0.0745. The minimum Gasteiger partial charge on any atom is -0.481 e. The molecule has 0 heterocycles. The van der Waals surface area contributed by atoms with E-state index >= 15 is 0 Å². The first-order valence-corrected chi connectivity index (χ1v) is 7.35. The molecule has 5 heteroatoms. The number of hydrogen-bond acceptors (Lipinski definition) is 2. The lowest BCUT2D eigenvalue weighted by molar-refractivity contribution is -0.142. The number of urea groups is 1. The summed E-state index contributed by atoms with van der Waals surface area (Å²) in [6, 6.07) is -0.0668. The van der Waals surface area contributed by atoms with Gasteiger partial charge in [-0.15, -0.1) is 0 Å². The van der Waals surface area contributed by atoms with Crippen molar-refractivity contribution in [3.05, 3.63) is 0 Å². The van der Waals surface area contributed by atoms with Crippen LogP contribution in [0.25, 0.3) is 0 Å². The first-order valence-electron chi connectivity index (χ1n) is 7.35. The highest BCUT2D eigenvalue weighted by atomic mass is 16.4. The van der Waals surface area contributed by atoms with E-state index in [1.54, 1.807) is 4.90 Å². The lowest BCUT2D eigenvalue weighted by Crippen LogP contribution is -2.46. The lowest BCUT2D eigenvalue weighted by atomic mass is 9.84. The monoisotopic (exact) mass is 286 g/mol. The molecule has 1 atom stereocenters. The largest absolute Gasteiger partial charge is 0.481 e. The fourth-order valence-electron chi connectivity index (χ4n) is 2.13. The zero-order valence-corrected chi connectivity index (χ0v) is 13.7. The standard InChI is InChI=1S/C15H30N2O3/c1-7-8-17(11(2)3)14(20)16-10-12(13(18)19)9-15(4,5)6/h11-12H,7-10H2,1-6H3,(H,16,20)(H,18,19). The smallest absolute Gasteiger partial charge is 0.317 e. The summed E-state index contributed by atoms with van der Waals surface area (Å²) in [5.74, 6) is -1.40. The highest BCUT2D eigenvalue weighted by Crippen LogP contribution is 2.24. The molecule has 0 fully saturated rings. The number of amides is 2. The van der Waals surface area contributed by atoms with Crippen LogP contribution in [0.5, 0.6) is 0 Å². The molecule has 5 nitrogen and oxygen atoms in total. The van der Waals surface area contributed by atoms with E-state index < -0.39 is 11.9 Å². The molecule has 2 amide bonds. The van der Waals surface area contributed by atoms with E-state index in [0.29, 0.717) is 13.0 Å². The van der Waals surface area contributed by atoms with Gasteiger partial charge in [0.15, 0.2) is 0 Å². The molecular weight excluding hydrogens is 256 g/mol. The van der Waals surface area contributed by atoms with Crippen molar-refractivity contribution in [2.75, 3.05) is 13.1 Å². The summed E-state index contributed by atoms with van der Waals surface area (Å²) in [7, 11) is 0. The highest BCUT2D eigenvalue weighted by Gasteiger charge is 2.26. The Morgan fingerprint density at radius 1 is 1.25 bits per heavy atom. The van der Waals surface area contributed by atoms with Crippen molar-refractivity contribution in [1.82, 2.24) is 10.2 Å². The molecule has 0 saturated carbocycles. The molecule has 0 aliphatic carbocycles. The predicted octanol–water partition coefficient (Wildman–Crippen LogP) is 2.95. The Morgan fingerprint density at radius 3 is 2.15 bits per heavy atom. The van der Waals surface area contributed by atoms with Crippen LogP contribution in [0.3, 0.4) is 0 Å². The summed E-state index contributed by atoms with van der Waals surface area (Å²) in [5, 5.41) is 12.0. The van der Waals surface area contributed by atoms with Crippen molar-refractivity contribution in [3.63, 3.8) is 0 Å². The van der Waals surface area contributed by atoms with Gasteiger partial charge >= 0.3 is 12.0 Å². The van der Waals surface area contributed by atoms with Crippen molar-refractivity contribution < 1.29 is 14.7 Å². The third kappa shape index (κ3) is 7.36. The summed E-state index contributed by atoms with van der Waals surface area (Å²) in [6.07, 6.45) is 1.42. The third-order valence-electron chi connectivity index (χ3n) is 3.06. The molecule has 0 aromatic rings. The van der Waals surface area contributed by atoms with Crippen LogP contribution in [0.4, 0.5) is 4.79 Å². The molecule has 118 valence electrons. The fourth-order valence-corrected chi connectivity index (χ4v) is 2.13. The Balaban J connectivity index is 4.54. The summed E-state index contributed by atoms with van der Waals surface area (Å²) in [4.78, 5) is 25.1. The van der Waals surface area contributed by atoms with Crippen LogP contribution in [0.1, 0.15) is 54.4 Å². The molecular formula is C15H30N2O3. The van der Waals surface area contributed by atoms with Gasteiger partial charge in [0.05, 0.1) is 5.92 Å². The van der Waals surface area contributed by atoms with Gasteiger partial charge in [-0.2, -0.15) is 0 Å². The number of nitrogens with one attached hydrogen (secondary N) is 1. The van der Waals surface area contributed by atoms with Gasteiger partial charge in [0, 0.05) is 19.1 Å². The van der Waals surface area contributed by atoms with Crippen LogP contribution in [0.2, 0.25) is 0 Å². The van der Waals surface area contributed by atoms with E-state index in [1.165, 1.54) is 0 Å². The lowest BCUT2D eigenvalue weighted by Gasteiger charge is -2.28. The zero-order valence-electron chi connectivity index (χ0n) is 13.7. The van der Waals surface area contributed by atoms with Gasteiger partial charge in [-0.25, -0.2) is 4.79 Å². The number of nitrogens with zero attached hydrogens (tertiary/aromatic N) is 1. The Morgan fingerprint density at radius 2 is 1.80 bits per heavy atom. The molecule has 0 rings (SSSR count). The number of carboxylic acids is 1. The molecule has 0 radical (unpaired) electrons. The number of rotatable bonds is 7. The number of carboxylic acid groups (broad SMARTS) is 1. The van der Waals surface area contributed by atoms with Crippen LogP contribution in [-0.2, 0) is 4.79 Å². The molecule has 20 heavy (non-hydrogen) atoms. The molecule has 1 unspecified atom stereocenters. The SMILES string of the molecule is CCCN(C(=O)NCC(CC(C)(C)C)C(=O)O)C(C)C. The number of aliphatic carboxylic acids is 1. The van der Waals surface area contributed by atoms with Gasteiger partial charge in [0.2, 0.25) is 0 Å². The van der Waals surface area contributed by atoms with Gasteiger partial charge in [-0.3, -0.25) is 4.79 Å². The van der Waals surface area contributed by atoms with Gasteiger partial charge in [-0.05, 0) is 32.1 Å². The first kappa shape index (κ1) is 18.7. The van der Waals surface area contributed by atoms with Crippen molar-refractivity contribution in [3.8, 4) is 0 Å². The maximum atomic E-state index is 12.1. The second-order valence-corrected chi connectivity index (χ2v) is 6.77. The molecule has 0 saturated heterocycles. The van der Waals surface area contributed by atoms with Gasteiger partial charge in [0.25, 0.3) is 0 Å². The molecule has 0 aliphatic rings.